The average molecular weight is 250 g/mol. The van der Waals surface area contributed by atoms with Crippen molar-refractivity contribution in [3.05, 3.63) is 24.0 Å². The normalized spacial score (nSPS) is 17.8. The number of nitrogens with zero attached hydrogens (tertiary/aromatic N) is 1. The van der Waals surface area contributed by atoms with Crippen LogP contribution in [0.4, 0.5) is 0 Å². The molecule has 0 amide bonds. The Hall–Kier alpha value is -1.62. The first-order valence-electron chi connectivity index (χ1n) is 6.28. The molecule has 2 N–H and O–H groups in total. The van der Waals surface area contributed by atoms with E-state index in [1.165, 1.54) is 0 Å². The summed E-state index contributed by atoms with van der Waals surface area (Å²) >= 11 is 0. The summed E-state index contributed by atoms with van der Waals surface area (Å²) in [6.45, 7) is 2.27. The fourth-order valence-electron chi connectivity index (χ4n) is 2.30. The predicted octanol–water partition coefficient (Wildman–Crippen LogP) is 1.38. The van der Waals surface area contributed by atoms with Crippen LogP contribution in [0.2, 0.25) is 0 Å². The maximum Gasteiger partial charge on any atom is 0.306 e. The van der Waals surface area contributed by atoms with E-state index < -0.39 is 5.97 Å². The third kappa shape index (κ3) is 3.20. The standard InChI is InChI=1S/C13H18N2O3/c16-12(11-1-5-14-9-11)4-8-15-6-2-10(3-7-15)13(17)18/h1,5,9-10,14H,2-4,6-8H2,(H,17,18). The zero-order valence-electron chi connectivity index (χ0n) is 10.3. The number of rotatable bonds is 5. The molecule has 0 radical (unpaired) electrons. The molecule has 0 aliphatic carbocycles. The fraction of sp³-hybridized carbons (Fsp3) is 0.538. The Morgan fingerprint density at radius 3 is 2.67 bits per heavy atom. The first kappa shape index (κ1) is 12.8. The second-order valence-electron chi connectivity index (χ2n) is 4.73. The molecule has 1 aromatic heterocycles. The molecular weight excluding hydrogens is 232 g/mol. The van der Waals surface area contributed by atoms with Crippen LogP contribution in [-0.2, 0) is 4.79 Å². The molecule has 5 nitrogen and oxygen atoms in total. The molecule has 18 heavy (non-hydrogen) atoms. The summed E-state index contributed by atoms with van der Waals surface area (Å²) in [5.41, 5.74) is 0.718. The Labute approximate surface area is 106 Å². The molecule has 0 atom stereocenters. The number of carboxylic acids is 1. The smallest absolute Gasteiger partial charge is 0.306 e. The minimum absolute atomic E-state index is 0.136. The fourth-order valence-corrected chi connectivity index (χ4v) is 2.30. The van der Waals surface area contributed by atoms with Gasteiger partial charge < -0.3 is 15.0 Å². The number of likely N-dealkylation sites (tertiary alicyclic amines) is 1. The molecule has 5 heteroatoms. The highest BCUT2D eigenvalue weighted by molar-refractivity contribution is 5.95. The number of aromatic nitrogens is 1. The number of hydrogen-bond acceptors (Lipinski definition) is 3. The van der Waals surface area contributed by atoms with Crippen LogP contribution in [0.3, 0.4) is 0 Å². The summed E-state index contributed by atoms with van der Waals surface area (Å²) in [6.07, 6.45) is 5.32. The van der Waals surface area contributed by atoms with Gasteiger partial charge in [0.1, 0.15) is 0 Å². The Morgan fingerprint density at radius 2 is 2.11 bits per heavy atom. The van der Waals surface area contributed by atoms with Crippen molar-refractivity contribution in [2.75, 3.05) is 19.6 Å². The zero-order valence-corrected chi connectivity index (χ0v) is 10.3. The van der Waals surface area contributed by atoms with Gasteiger partial charge in [-0.3, -0.25) is 9.59 Å². The van der Waals surface area contributed by atoms with E-state index in [0.717, 1.165) is 25.2 Å². The van der Waals surface area contributed by atoms with Crippen molar-refractivity contribution in [2.45, 2.75) is 19.3 Å². The number of aromatic amines is 1. The van der Waals surface area contributed by atoms with Crippen molar-refractivity contribution in [1.29, 1.82) is 0 Å². The number of aliphatic carboxylic acids is 1. The van der Waals surface area contributed by atoms with Crippen molar-refractivity contribution >= 4 is 11.8 Å². The van der Waals surface area contributed by atoms with Crippen molar-refractivity contribution in [1.82, 2.24) is 9.88 Å². The lowest BCUT2D eigenvalue weighted by Crippen LogP contribution is -2.37. The molecule has 2 heterocycles. The third-order valence-corrected chi connectivity index (χ3v) is 3.51. The summed E-state index contributed by atoms with van der Waals surface area (Å²) in [4.78, 5) is 27.6. The number of carboxylic acid groups (broad SMARTS) is 1. The molecule has 1 fully saturated rings. The van der Waals surface area contributed by atoms with Crippen molar-refractivity contribution in [3.8, 4) is 0 Å². The van der Waals surface area contributed by atoms with Gasteiger partial charge in [0.05, 0.1) is 5.92 Å². The summed E-state index contributed by atoms with van der Waals surface area (Å²) < 4.78 is 0. The van der Waals surface area contributed by atoms with Crippen LogP contribution in [-0.4, -0.2) is 46.4 Å². The molecule has 2 rings (SSSR count). The van der Waals surface area contributed by atoms with Crippen LogP contribution in [0.15, 0.2) is 18.5 Å². The lowest BCUT2D eigenvalue weighted by Gasteiger charge is -2.29. The SMILES string of the molecule is O=C(CCN1CCC(C(=O)O)CC1)c1cc[nH]c1. The van der Waals surface area contributed by atoms with Crippen LogP contribution in [0.25, 0.3) is 0 Å². The molecule has 1 saturated heterocycles. The number of piperidine rings is 1. The number of carbonyl (C=O) groups excluding carboxylic acids is 1. The molecule has 0 saturated carbocycles. The van der Waals surface area contributed by atoms with E-state index >= 15 is 0 Å². The van der Waals surface area contributed by atoms with Crippen LogP contribution >= 0.6 is 0 Å². The van der Waals surface area contributed by atoms with Crippen LogP contribution in [0, 0.1) is 5.92 Å². The third-order valence-electron chi connectivity index (χ3n) is 3.51. The molecule has 0 bridgehead atoms. The van der Waals surface area contributed by atoms with Crippen LogP contribution < -0.4 is 0 Å². The van der Waals surface area contributed by atoms with Crippen LogP contribution in [0.1, 0.15) is 29.6 Å². The van der Waals surface area contributed by atoms with Gasteiger partial charge in [-0.15, -0.1) is 0 Å². The van der Waals surface area contributed by atoms with Gasteiger partial charge in [0.25, 0.3) is 0 Å². The van der Waals surface area contributed by atoms with E-state index in [9.17, 15) is 9.59 Å². The lowest BCUT2D eigenvalue weighted by molar-refractivity contribution is -0.143. The average Bonchev–Trinajstić information content (AvgIpc) is 2.90. The highest BCUT2D eigenvalue weighted by Crippen LogP contribution is 2.17. The number of carbonyl (C=O) groups is 2. The van der Waals surface area contributed by atoms with Crippen molar-refractivity contribution < 1.29 is 14.7 Å². The van der Waals surface area contributed by atoms with Gasteiger partial charge in [-0.1, -0.05) is 0 Å². The molecule has 1 aromatic rings. The topological polar surface area (TPSA) is 73.4 Å². The van der Waals surface area contributed by atoms with E-state index in [1.54, 1.807) is 18.5 Å². The Balaban J connectivity index is 1.72. The molecule has 1 aliphatic heterocycles. The maximum atomic E-state index is 11.8. The summed E-state index contributed by atoms with van der Waals surface area (Å²) in [6, 6.07) is 1.78. The minimum atomic E-state index is -0.696. The van der Waals surface area contributed by atoms with Gasteiger partial charge in [-0.2, -0.15) is 0 Å². The second kappa shape index (κ2) is 5.82. The highest BCUT2D eigenvalue weighted by Gasteiger charge is 2.24. The maximum absolute atomic E-state index is 11.8. The minimum Gasteiger partial charge on any atom is -0.481 e. The van der Waals surface area contributed by atoms with Gasteiger partial charge in [0.15, 0.2) is 5.78 Å². The second-order valence-corrected chi connectivity index (χ2v) is 4.73. The van der Waals surface area contributed by atoms with Crippen LogP contribution in [0.5, 0.6) is 0 Å². The molecule has 98 valence electrons. The van der Waals surface area contributed by atoms with E-state index in [-0.39, 0.29) is 11.7 Å². The van der Waals surface area contributed by atoms with Gasteiger partial charge in [-0.05, 0) is 32.0 Å². The summed E-state index contributed by atoms with van der Waals surface area (Å²) in [5.74, 6) is -0.767. The van der Waals surface area contributed by atoms with Crippen molar-refractivity contribution in [3.63, 3.8) is 0 Å². The van der Waals surface area contributed by atoms with E-state index in [4.69, 9.17) is 5.11 Å². The molecule has 0 aromatic carbocycles. The molecular formula is C13H18N2O3. The number of ketones is 1. The first-order chi connectivity index (χ1) is 8.66. The lowest BCUT2D eigenvalue weighted by atomic mass is 9.97. The quantitative estimate of drug-likeness (QED) is 0.774. The highest BCUT2D eigenvalue weighted by atomic mass is 16.4. The Bertz CT molecular complexity index is 406. The van der Waals surface area contributed by atoms with E-state index in [0.29, 0.717) is 19.3 Å². The Morgan fingerprint density at radius 1 is 1.39 bits per heavy atom. The van der Waals surface area contributed by atoms with Gasteiger partial charge >= 0.3 is 5.97 Å². The predicted molar refractivity (Wildman–Crippen MR) is 66.5 cm³/mol. The molecule has 1 aliphatic rings. The Kier molecular flexibility index (Phi) is 4.15. The largest absolute Gasteiger partial charge is 0.481 e. The van der Waals surface area contributed by atoms with Crippen molar-refractivity contribution in [2.24, 2.45) is 5.92 Å². The first-order valence-corrected chi connectivity index (χ1v) is 6.28. The zero-order chi connectivity index (χ0) is 13.0. The number of nitrogens with one attached hydrogen (secondary N) is 1. The summed E-state index contributed by atoms with van der Waals surface area (Å²) in [5, 5.41) is 8.89. The number of Topliss-reactive ketones (excluding diaryl/α,β-unsaturated/α-hetero) is 1. The van der Waals surface area contributed by atoms with E-state index in [1.807, 2.05) is 0 Å². The van der Waals surface area contributed by atoms with E-state index in [2.05, 4.69) is 9.88 Å². The number of H-pyrrole nitrogens is 1. The monoisotopic (exact) mass is 250 g/mol. The van der Waals surface area contributed by atoms with Gasteiger partial charge in [0.2, 0.25) is 0 Å². The van der Waals surface area contributed by atoms with Gasteiger partial charge in [-0.25, -0.2) is 0 Å². The van der Waals surface area contributed by atoms with Gasteiger partial charge in [0, 0.05) is 30.9 Å². The molecule has 0 unspecified atom stereocenters. The summed E-state index contributed by atoms with van der Waals surface area (Å²) in [7, 11) is 0. The molecule has 0 spiro atoms. The number of hydrogen-bond donors (Lipinski definition) is 2.